The summed E-state index contributed by atoms with van der Waals surface area (Å²) in [5, 5.41) is 10.9. The van der Waals surface area contributed by atoms with Gasteiger partial charge in [-0.15, -0.1) is 10.2 Å². The van der Waals surface area contributed by atoms with Crippen molar-refractivity contribution in [3.63, 3.8) is 0 Å². The van der Waals surface area contributed by atoms with Crippen molar-refractivity contribution in [2.75, 3.05) is 18.4 Å². The number of anilines is 1. The fourth-order valence-electron chi connectivity index (χ4n) is 6.96. The first-order chi connectivity index (χ1) is 21.0. The van der Waals surface area contributed by atoms with Crippen LogP contribution in [-0.4, -0.2) is 56.2 Å². The van der Waals surface area contributed by atoms with Gasteiger partial charge < -0.3 is 14.8 Å². The molecule has 1 saturated heterocycles. The molecule has 13 heteroatoms. The van der Waals surface area contributed by atoms with E-state index in [-0.39, 0.29) is 54.3 Å². The van der Waals surface area contributed by atoms with Crippen molar-refractivity contribution < 1.29 is 31.5 Å². The van der Waals surface area contributed by atoms with Gasteiger partial charge in [-0.25, -0.2) is 13.8 Å². The van der Waals surface area contributed by atoms with E-state index in [0.29, 0.717) is 51.0 Å². The number of benzene rings is 1. The van der Waals surface area contributed by atoms with Gasteiger partial charge in [-0.3, -0.25) is 9.59 Å². The summed E-state index contributed by atoms with van der Waals surface area (Å²) in [5.41, 5.74) is -1.47. The third kappa shape index (κ3) is 5.23. The van der Waals surface area contributed by atoms with Gasteiger partial charge in [-0.2, -0.15) is 13.2 Å². The van der Waals surface area contributed by atoms with E-state index in [4.69, 9.17) is 0 Å². The Kier molecular flexibility index (Phi) is 7.69. The normalized spacial score (nSPS) is 22.5. The zero-order valence-corrected chi connectivity index (χ0v) is 24.2. The minimum absolute atomic E-state index is 0.0110. The van der Waals surface area contributed by atoms with Gasteiger partial charge in [-0.1, -0.05) is 25.1 Å². The summed E-state index contributed by atoms with van der Waals surface area (Å²) in [5.74, 6) is -2.80. The topological polar surface area (TPSA) is 93.0 Å². The fraction of sp³-hybridized carbons (Fsp3) is 0.516. The molecule has 2 aliphatic heterocycles. The zero-order valence-electron chi connectivity index (χ0n) is 24.2. The fourth-order valence-corrected chi connectivity index (χ4v) is 6.96. The standard InChI is InChI=1S/C31H33F5N6O2/c1-29(22-5-3-13-37-26(22)38-18-43)11-14-41(15-12-29)24(44)16-19-7-8-20(21-4-2-6-23(32)25(21)33)17-42-27(19)39-40-28(42)30(9-10-30)31(34,35)36/h2-6,13,18-20H,7-12,14-17H2,1H3,(H,37,38,43)/t19?,20-/m0/s1. The van der Waals surface area contributed by atoms with Crippen LogP contribution in [0.4, 0.5) is 27.8 Å². The van der Waals surface area contributed by atoms with Crippen LogP contribution in [0.3, 0.4) is 0 Å². The van der Waals surface area contributed by atoms with Crippen molar-refractivity contribution in [1.29, 1.82) is 0 Å². The van der Waals surface area contributed by atoms with E-state index in [1.807, 2.05) is 6.07 Å². The molecule has 2 atom stereocenters. The molecule has 2 fully saturated rings. The summed E-state index contributed by atoms with van der Waals surface area (Å²) < 4.78 is 73.0. The number of alkyl halides is 3. The number of amides is 2. The number of hydrogen-bond donors (Lipinski definition) is 1. The molecular formula is C31H33F5N6O2. The Balaban J connectivity index is 1.24. The number of piperidine rings is 1. The largest absolute Gasteiger partial charge is 0.401 e. The highest BCUT2D eigenvalue weighted by molar-refractivity contribution is 5.77. The Morgan fingerprint density at radius 2 is 1.82 bits per heavy atom. The van der Waals surface area contributed by atoms with E-state index in [0.717, 1.165) is 11.6 Å². The first-order valence-electron chi connectivity index (χ1n) is 14.8. The molecule has 1 aliphatic carbocycles. The molecule has 1 aromatic carbocycles. The Morgan fingerprint density at radius 3 is 2.50 bits per heavy atom. The van der Waals surface area contributed by atoms with Crippen LogP contribution >= 0.6 is 0 Å². The summed E-state index contributed by atoms with van der Waals surface area (Å²) in [6.07, 6.45) is -0.650. The van der Waals surface area contributed by atoms with Crippen LogP contribution in [0.15, 0.2) is 36.5 Å². The molecule has 0 bridgehead atoms. The second kappa shape index (κ2) is 11.2. The molecule has 1 saturated carbocycles. The highest BCUT2D eigenvalue weighted by Gasteiger charge is 2.67. The van der Waals surface area contributed by atoms with E-state index in [2.05, 4.69) is 27.4 Å². The molecule has 0 radical (unpaired) electrons. The molecule has 3 aliphatic rings. The van der Waals surface area contributed by atoms with Crippen LogP contribution in [0.5, 0.6) is 0 Å². The number of aromatic nitrogens is 4. The molecule has 1 N–H and O–H groups in total. The van der Waals surface area contributed by atoms with Gasteiger partial charge in [0.1, 0.15) is 22.9 Å². The van der Waals surface area contributed by atoms with Crippen LogP contribution < -0.4 is 5.32 Å². The highest BCUT2D eigenvalue weighted by atomic mass is 19.4. The van der Waals surface area contributed by atoms with Crippen LogP contribution in [-0.2, 0) is 27.0 Å². The van der Waals surface area contributed by atoms with Crippen molar-refractivity contribution in [2.45, 2.75) is 87.3 Å². The van der Waals surface area contributed by atoms with Crippen LogP contribution in [0.1, 0.15) is 86.5 Å². The molecule has 4 heterocycles. The lowest BCUT2D eigenvalue weighted by Crippen LogP contribution is -2.44. The van der Waals surface area contributed by atoms with Gasteiger partial charge in [0, 0.05) is 49.7 Å². The minimum atomic E-state index is -4.54. The molecule has 44 heavy (non-hydrogen) atoms. The average molecular weight is 617 g/mol. The third-order valence-electron chi connectivity index (χ3n) is 9.85. The monoisotopic (exact) mass is 616 g/mol. The molecule has 234 valence electrons. The molecule has 2 aromatic heterocycles. The van der Waals surface area contributed by atoms with Crippen LogP contribution in [0, 0.1) is 11.6 Å². The lowest BCUT2D eigenvalue weighted by atomic mass is 9.74. The van der Waals surface area contributed by atoms with E-state index >= 15 is 0 Å². The number of carbonyl (C=O) groups is 2. The van der Waals surface area contributed by atoms with Crippen molar-refractivity contribution in [2.24, 2.45) is 0 Å². The zero-order chi connectivity index (χ0) is 31.3. The molecule has 0 spiro atoms. The second-order valence-corrected chi connectivity index (χ2v) is 12.5. The van der Waals surface area contributed by atoms with Crippen LogP contribution in [0.2, 0.25) is 0 Å². The first-order valence-corrected chi connectivity index (χ1v) is 14.8. The van der Waals surface area contributed by atoms with Gasteiger partial charge in [0.25, 0.3) is 0 Å². The number of halogens is 5. The van der Waals surface area contributed by atoms with Gasteiger partial charge >= 0.3 is 6.18 Å². The van der Waals surface area contributed by atoms with Gasteiger partial charge in [0.15, 0.2) is 11.6 Å². The highest BCUT2D eigenvalue weighted by Crippen LogP contribution is 2.59. The number of nitrogens with one attached hydrogen (secondary N) is 1. The second-order valence-electron chi connectivity index (χ2n) is 12.5. The van der Waals surface area contributed by atoms with Gasteiger partial charge in [0.05, 0.1) is 0 Å². The molecule has 8 nitrogen and oxygen atoms in total. The molecule has 6 rings (SSSR count). The molecule has 2 amide bonds. The predicted molar refractivity (Wildman–Crippen MR) is 150 cm³/mol. The van der Waals surface area contributed by atoms with Crippen LogP contribution in [0.25, 0.3) is 0 Å². The number of fused-ring (bicyclic) bond motifs is 1. The Morgan fingerprint density at radius 1 is 1.07 bits per heavy atom. The summed E-state index contributed by atoms with van der Waals surface area (Å²) >= 11 is 0. The Labute approximate surface area is 251 Å². The maximum absolute atomic E-state index is 14.9. The van der Waals surface area contributed by atoms with Gasteiger partial charge in [-0.05, 0) is 61.6 Å². The van der Waals surface area contributed by atoms with E-state index < -0.39 is 35.1 Å². The van der Waals surface area contributed by atoms with E-state index in [1.165, 1.54) is 16.7 Å². The summed E-state index contributed by atoms with van der Waals surface area (Å²) in [7, 11) is 0. The number of carbonyl (C=O) groups excluding carboxylic acids is 2. The SMILES string of the molecule is CC1(c2cccnc2NC=O)CCN(C(=O)CC2CC[C@H](c3cccc(F)c3F)Cn3c2nnc3C2(C(F)(F)F)CC2)CC1. The minimum Gasteiger partial charge on any atom is -0.343 e. The Hall–Kier alpha value is -3.90. The first kappa shape index (κ1) is 30.1. The summed E-state index contributed by atoms with van der Waals surface area (Å²) in [4.78, 5) is 30.8. The maximum atomic E-state index is 14.9. The summed E-state index contributed by atoms with van der Waals surface area (Å²) in [6, 6.07) is 7.57. The van der Waals surface area contributed by atoms with Crippen molar-refractivity contribution in [3.8, 4) is 0 Å². The molecule has 1 unspecified atom stereocenters. The van der Waals surface area contributed by atoms with Crippen molar-refractivity contribution in [3.05, 3.63) is 70.9 Å². The lowest BCUT2D eigenvalue weighted by Gasteiger charge is -2.40. The van der Waals surface area contributed by atoms with Crippen molar-refractivity contribution in [1.82, 2.24) is 24.6 Å². The number of pyridine rings is 1. The number of hydrogen-bond acceptors (Lipinski definition) is 5. The summed E-state index contributed by atoms with van der Waals surface area (Å²) in [6.45, 7) is 2.93. The molecule has 3 aromatic rings. The molecular weight excluding hydrogens is 583 g/mol. The van der Waals surface area contributed by atoms with Gasteiger partial charge in [0.2, 0.25) is 12.3 Å². The third-order valence-corrected chi connectivity index (χ3v) is 9.85. The quantitative estimate of drug-likeness (QED) is 0.270. The average Bonchev–Trinajstić information content (AvgIpc) is 3.75. The van der Waals surface area contributed by atoms with E-state index in [1.54, 1.807) is 17.2 Å². The Bertz CT molecular complexity index is 1560. The lowest BCUT2D eigenvalue weighted by molar-refractivity contribution is -0.163. The van der Waals surface area contributed by atoms with Crippen molar-refractivity contribution >= 4 is 18.1 Å². The van der Waals surface area contributed by atoms with E-state index in [9.17, 15) is 31.5 Å². The maximum Gasteiger partial charge on any atom is 0.401 e. The number of rotatable bonds is 7. The number of likely N-dealkylation sites (tertiary alicyclic amines) is 1. The smallest absolute Gasteiger partial charge is 0.343 e. The predicted octanol–water partition coefficient (Wildman–Crippen LogP) is 5.75. The number of nitrogens with zero attached hydrogens (tertiary/aromatic N) is 5.